The fraction of sp³-hybridized carbons (Fsp3) is 0.382. The molecule has 0 aliphatic heterocycles. The molecule has 1 aromatic heterocycles. The van der Waals surface area contributed by atoms with Crippen LogP contribution in [0.25, 0.3) is 10.8 Å². The molecular weight excluding hydrogens is 514 g/mol. The van der Waals surface area contributed by atoms with Gasteiger partial charge in [-0.05, 0) is 53.5 Å². The van der Waals surface area contributed by atoms with E-state index in [4.69, 9.17) is 9.72 Å². The first kappa shape index (κ1) is 27.2. The van der Waals surface area contributed by atoms with Crippen LogP contribution in [0.5, 0.6) is 11.6 Å². The summed E-state index contributed by atoms with van der Waals surface area (Å²) < 4.78 is 6.03. The fourth-order valence-electron chi connectivity index (χ4n) is 6.31. The van der Waals surface area contributed by atoms with Crippen molar-refractivity contribution in [1.29, 1.82) is 0 Å². The highest BCUT2D eigenvalue weighted by atomic mass is 16.5. The van der Waals surface area contributed by atoms with E-state index in [1.807, 2.05) is 30.3 Å². The quantitative estimate of drug-likeness (QED) is 0.244. The van der Waals surface area contributed by atoms with Gasteiger partial charge in [0.25, 0.3) is 11.8 Å². The molecule has 0 radical (unpaired) electrons. The molecule has 0 bridgehead atoms. The van der Waals surface area contributed by atoms with E-state index in [9.17, 15) is 15.0 Å². The molecule has 2 fully saturated rings. The number of rotatable bonds is 11. The lowest BCUT2D eigenvalue weighted by Gasteiger charge is -2.31. The molecule has 0 saturated heterocycles. The number of carbonyl (C=O) groups is 1. The standard InChI is InChI=1S/C34H37N3O4/c38-20-19-37(22-24-15-16-24)33(40)30-31(41-23-25-9-2-1-3-10-25)32(39)36-29(35-30)21-34(17-6-7-18-34)28-14-8-12-26-11-4-5-13-27(26)28/h1-5,8-14,24,38H,6-7,15-23H2,(H,35,36,39). The first-order valence-electron chi connectivity index (χ1n) is 14.7. The van der Waals surface area contributed by atoms with Crippen molar-refractivity contribution in [1.82, 2.24) is 14.9 Å². The van der Waals surface area contributed by atoms with Crippen molar-refractivity contribution in [2.45, 2.75) is 57.0 Å². The molecule has 41 heavy (non-hydrogen) atoms. The molecule has 6 rings (SSSR count). The Bertz CT molecular complexity index is 1510. The van der Waals surface area contributed by atoms with Crippen LogP contribution >= 0.6 is 0 Å². The van der Waals surface area contributed by atoms with E-state index in [2.05, 4.69) is 47.4 Å². The molecule has 7 nitrogen and oxygen atoms in total. The molecule has 0 unspecified atom stereocenters. The number of aliphatic hydroxyl groups excluding tert-OH is 1. The number of hydrogen-bond donors (Lipinski definition) is 2. The van der Waals surface area contributed by atoms with Gasteiger partial charge < -0.3 is 19.8 Å². The number of hydrogen-bond acceptors (Lipinski definition) is 6. The van der Waals surface area contributed by atoms with Gasteiger partial charge in [-0.15, -0.1) is 0 Å². The van der Waals surface area contributed by atoms with Gasteiger partial charge in [0.1, 0.15) is 12.4 Å². The molecular formula is C34H37N3O4. The molecule has 2 aliphatic rings. The van der Waals surface area contributed by atoms with E-state index >= 15 is 0 Å². The van der Waals surface area contributed by atoms with Crippen LogP contribution in [-0.4, -0.2) is 50.7 Å². The number of carbonyl (C=O) groups excluding carboxylic acids is 1. The van der Waals surface area contributed by atoms with Crippen molar-refractivity contribution >= 4 is 16.7 Å². The van der Waals surface area contributed by atoms with Gasteiger partial charge in [-0.1, -0.05) is 85.6 Å². The van der Waals surface area contributed by atoms with Crippen LogP contribution in [0.4, 0.5) is 0 Å². The molecule has 2 aliphatic carbocycles. The molecule has 1 amide bonds. The maximum absolute atomic E-state index is 13.9. The van der Waals surface area contributed by atoms with Crippen LogP contribution in [0.15, 0.2) is 72.8 Å². The summed E-state index contributed by atoms with van der Waals surface area (Å²) in [6.45, 7) is 0.776. The Balaban J connectivity index is 1.39. The van der Waals surface area contributed by atoms with E-state index in [1.54, 1.807) is 4.90 Å². The van der Waals surface area contributed by atoms with Crippen molar-refractivity contribution in [2.75, 3.05) is 19.7 Å². The second kappa shape index (κ2) is 11.9. The number of ether oxygens (including phenoxy) is 1. The molecule has 7 heteroatoms. The van der Waals surface area contributed by atoms with Crippen LogP contribution in [-0.2, 0) is 18.4 Å². The van der Waals surface area contributed by atoms with Gasteiger partial charge in [-0.3, -0.25) is 4.79 Å². The highest BCUT2D eigenvalue weighted by molar-refractivity contribution is 5.95. The normalized spacial score (nSPS) is 16.1. The van der Waals surface area contributed by atoms with Gasteiger partial charge in [0.2, 0.25) is 5.75 Å². The summed E-state index contributed by atoms with van der Waals surface area (Å²) in [5, 5.41) is 23.4. The van der Waals surface area contributed by atoms with Gasteiger partial charge in [0.15, 0.2) is 5.69 Å². The number of aliphatic hydroxyl groups is 1. The Morgan fingerprint density at radius 3 is 2.44 bits per heavy atom. The van der Waals surface area contributed by atoms with Gasteiger partial charge in [0, 0.05) is 24.9 Å². The monoisotopic (exact) mass is 551 g/mol. The number of aromatic hydroxyl groups is 1. The van der Waals surface area contributed by atoms with Gasteiger partial charge in [-0.2, -0.15) is 4.98 Å². The second-order valence-electron chi connectivity index (χ2n) is 11.5. The molecule has 212 valence electrons. The lowest BCUT2D eigenvalue weighted by Crippen LogP contribution is -2.36. The number of nitrogens with zero attached hydrogens (tertiary/aromatic N) is 3. The third kappa shape index (κ3) is 5.91. The lowest BCUT2D eigenvalue weighted by atomic mass is 9.74. The maximum Gasteiger partial charge on any atom is 0.276 e. The summed E-state index contributed by atoms with van der Waals surface area (Å²) in [5.74, 6) is 0.187. The van der Waals surface area contributed by atoms with Crippen LogP contribution in [0.1, 0.15) is 66.0 Å². The first-order chi connectivity index (χ1) is 20.1. The maximum atomic E-state index is 13.9. The predicted molar refractivity (Wildman–Crippen MR) is 158 cm³/mol. The minimum Gasteiger partial charge on any atom is -0.491 e. The average Bonchev–Trinajstić information content (AvgIpc) is 3.70. The fourth-order valence-corrected chi connectivity index (χ4v) is 6.31. The summed E-state index contributed by atoms with van der Waals surface area (Å²) in [6, 6.07) is 24.5. The van der Waals surface area contributed by atoms with Crippen molar-refractivity contribution in [3.05, 3.63) is 95.4 Å². The average molecular weight is 552 g/mol. The summed E-state index contributed by atoms with van der Waals surface area (Å²) in [6.07, 6.45) is 6.82. The number of aromatic nitrogens is 2. The minimum atomic E-state index is -0.349. The van der Waals surface area contributed by atoms with E-state index in [-0.39, 0.29) is 48.4 Å². The number of benzene rings is 3. The largest absolute Gasteiger partial charge is 0.491 e. The summed E-state index contributed by atoms with van der Waals surface area (Å²) >= 11 is 0. The second-order valence-corrected chi connectivity index (χ2v) is 11.5. The van der Waals surface area contributed by atoms with E-state index < -0.39 is 0 Å². The summed E-state index contributed by atoms with van der Waals surface area (Å²) in [7, 11) is 0. The smallest absolute Gasteiger partial charge is 0.276 e. The van der Waals surface area contributed by atoms with Crippen molar-refractivity contribution in [3.8, 4) is 11.6 Å². The molecule has 0 spiro atoms. The summed E-state index contributed by atoms with van der Waals surface area (Å²) in [5.41, 5.74) is 2.03. The Morgan fingerprint density at radius 1 is 0.951 bits per heavy atom. The van der Waals surface area contributed by atoms with Crippen molar-refractivity contribution in [3.63, 3.8) is 0 Å². The van der Waals surface area contributed by atoms with Crippen molar-refractivity contribution in [2.24, 2.45) is 5.92 Å². The third-order valence-corrected chi connectivity index (χ3v) is 8.57. The van der Waals surface area contributed by atoms with Crippen LogP contribution in [0.3, 0.4) is 0 Å². The molecule has 2 N–H and O–H groups in total. The molecule has 4 aromatic rings. The van der Waals surface area contributed by atoms with E-state index in [1.165, 1.54) is 16.3 Å². The Hall–Kier alpha value is -3.97. The number of amides is 1. The summed E-state index contributed by atoms with van der Waals surface area (Å²) in [4.78, 5) is 24.9. The zero-order valence-electron chi connectivity index (χ0n) is 23.3. The van der Waals surface area contributed by atoms with Gasteiger partial charge in [0.05, 0.1) is 6.61 Å². The third-order valence-electron chi connectivity index (χ3n) is 8.57. The topological polar surface area (TPSA) is 95.8 Å². The lowest BCUT2D eigenvalue weighted by molar-refractivity contribution is 0.0699. The Morgan fingerprint density at radius 2 is 1.68 bits per heavy atom. The van der Waals surface area contributed by atoms with Gasteiger partial charge in [-0.25, -0.2) is 4.98 Å². The first-order valence-corrected chi connectivity index (χ1v) is 14.7. The van der Waals surface area contributed by atoms with Crippen LogP contribution in [0.2, 0.25) is 0 Å². The Labute approximate surface area is 240 Å². The molecule has 0 atom stereocenters. The highest BCUT2D eigenvalue weighted by Crippen LogP contribution is 2.46. The predicted octanol–water partition coefficient (Wildman–Crippen LogP) is 5.81. The van der Waals surface area contributed by atoms with E-state index in [0.717, 1.165) is 44.1 Å². The van der Waals surface area contributed by atoms with Gasteiger partial charge >= 0.3 is 0 Å². The van der Waals surface area contributed by atoms with Crippen LogP contribution in [0, 0.1) is 5.92 Å². The Kier molecular flexibility index (Phi) is 7.88. The minimum absolute atomic E-state index is 0.00743. The molecule has 2 saturated carbocycles. The number of fused-ring (bicyclic) bond motifs is 1. The van der Waals surface area contributed by atoms with E-state index in [0.29, 0.717) is 24.7 Å². The highest BCUT2D eigenvalue weighted by Gasteiger charge is 2.39. The zero-order valence-corrected chi connectivity index (χ0v) is 23.3. The van der Waals surface area contributed by atoms with Crippen LogP contribution < -0.4 is 4.74 Å². The SMILES string of the molecule is O=C(c1nc(CC2(c3cccc4ccccc34)CCCC2)nc(O)c1OCc1ccccc1)N(CCO)CC1CC1. The zero-order chi connectivity index (χ0) is 28.2. The van der Waals surface area contributed by atoms with Crippen molar-refractivity contribution < 1.29 is 19.7 Å². The molecule has 1 heterocycles. The molecule has 3 aromatic carbocycles.